The van der Waals surface area contributed by atoms with E-state index in [-0.39, 0.29) is 0 Å². The van der Waals surface area contributed by atoms with E-state index in [0.29, 0.717) is 13.2 Å². The third-order valence-corrected chi connectivity index (χ3v) is 20.3. The lowest BCUT2D eigenvalue weighted by Gasteiger charge is -2.35. The van der Waals surface area contributed by atoms with Gasteiger partial charge in [0.1, 0.15) is 30.5 Å². The van der Waals surface area contributed by atoms with Gasteiger partial charge in [-0.1, -0.05) is 263 Å². The smallest absolute Gasteiger partial charge is 0.119 e. The number of ether oxygens (including phenoxy) is 3. The number of benzene rings is 14. The molecule has 0 heterocycles. The normalized spacial score (nSPS) is 14.6. The van der Waals surface area contributed by atoms with Gasteiger partial charge in [-0.2, -0.15) is 0 Å². The average molecular weight is 1290 g/mol. The molecular weight excluding hydrogens is 1220 g/mol. The van der Waals surface area contributed by atoms with E-state index in [1.807, 2.05) is 12.2 Å². The Morgan fingerprint density at radius 2 is 0.620 bits per heavy atom. The van der Waals surface area contributed by atoms with Gasteiger partial charge >= 0.3 is 0 Å². The van der Waals surface area contributed by atoms with Crippen molar-refractivity contribution in [2.75, 3.05) is 16.9 Å². The maximum absolute atomic E-state index is 6.46. The van der Waals surface area contributed by atoms with Crippen LogP contribution in [0.2, 0.25) is 0 Å². The highest BCUT2D eigenvalue weighted by atomic mass is 16.5. The fraction of sp³-hybridized carbons (Fsp3) is 0.0737. The zero-order valence-corrected chi connectivity index (χ0v) is 56.1. The van der Waals surface area contributed by atoms with Crippen LogP contribution in [0.1, 0.15) is 79.2 Å². The molecule has 0 aliphatic heterocycles. The Bertz CT molecular complexity index is 4910. The maximum Gasteiger partial charge on any atom is 0.119 e. The van der Waals surface area contributed by atoms with E-state index in [9.17, 15) is 0 Å². The third-order valence-electron chi connectivity index (χ3n) is 20.3. The van der Waals surface area contributed by atoms with Gasteiger partial charge in [0.2, 0.25) is 0 Å². The highest BCUT2D eigenvalue weighted by Crippen LogP contribution is 2.60. The van der Waals surface area contributed by atoms with E-state index < -0.39 is 10.8 Å². The molecule has 100 heavy (non-hydrogen) atoms. The summed E-state index contributed by atoms with van der Waals surface area (Å²) in [5, 5.41) is 0. The van der Waals surface area contributed by atoms with Gasteiger partial charge in [-0.25, -0.2) is 0 Å². The molecule has 0 bridgehead atoms. The SMILES string of the molecule is C=Cc1ccc(COc2ccc(C3(c4ccc(CC)cc4)c4ccccc4-c4ccc(N(c5ccccc5)c5ccc(-c6ccc(N(c7ccccc7)c7ccc8c(c7)C(c7ccc(OC)cc7)(c7ccc(OCc9ccc(C=C)cc9)cc7)c7ccccc7-8)cc6)cc5)cc43)cc2)cc1. The first-order chi connectivity index (χ1) is 49.3. The summed E-state index contributed by atoms with van der Waals surface area (Å²) in [6.07, 6.45) is 4.68. The standard InChI is InChI=1S/C95H74N2O3/c1-5-66-26-30-69(31-27-66)64-99-84-56-44-75(45-57-84)94(73-40-34-68(7-3)35-41-73)90-24-16-14-22-86(90)88-60-52-81(62-92(88)94)96(77-18-10-8-11-19-77)79-48-36-71(37-49-79)72-38-50-80(51-39-72)97(78-20-12-9-13-21-78)82-53-61-89-87-23-15-17-25-91(87)95(93(89)63-82,74-42-54-83(98-4)55-43-74)76-46-58-85(59-47-76)100-65-70-32-28-67(6-2)29-33-70/h5-6,8-63H,1-2,7,64-65H2,3-4H3. The molecule has 14 aromatic carbocycles. The first kappa shape index (κ1) is 62.4. The topological polar surface area (TPSA) is 34.2 Å². The molecule has 2 aliphatic rings. The Labute approximate surface area is 587 Å². The summed E-state index contributed by atoms with van der Waals surface area (Å²) in [4.78, 5) is 4.77. The molecule has 0 radical (unpaired) electrons. The second-order valence-corrected chi connectivity index (χ2v) is 25.8. The van der Waals surface area contributed by atoms with E-state index in [0.717, 1.165) is 102 Å². The van der Waals surface area contributed by atoms with E-state index in [2.05, 4.69) is 370 Å². The number of hydrogen-bond acceptors (Lipinski definition) is 5. The first-order valence-corrected chi connectivity index (χ1v) is 34.4. The van der Waals surface area contributed by atoms with Crippen LogP contribution in [-0.4, -0.2) is 7.11 Å². The number of aryl methyl sites for hydroxylation is 1. The van der Waals surface area contributed by atoms with Gasteiger partial charge in [0.05, 0.1) is 17.9 Å². The predicted octanol–water partition coefficient (Wildman–Crippen LogP) is 24.0. The third kappa shape index (κ3) is 11.2. The zero-order valence-electron chi connectivity index (χ0n) is 56.1. The summed E-state index contributed by atoms with van der Waals surface area (Å²) >= 11 is 0. The quantitative estimate of drug-likeness (QED) is 0.0716. The van der Waals surface area contributed by atoms with Crippen LogP contribution >= 0.6 is 0 Å². The van der Waals surface area contributed by atoms with E-state index >= 15 is 0 Å². The van der Waals surface area contributed by atoms with E-state index in [4.69, 9.17) is 14.2 Å². The number of fused-ring (bicyclic) bond motifs is 6. The maximum atomic E-state index is 6.46. The van der Waals surface area contributed by atoms with Crippen molar-refractivity contribution in [3.63, 3.8) is 0 Å². The number of hydrogen-bond donors (Lipinski definition) is 0. The molecule has 2 aliphatic carbocycles. The fourth-order valence-electron chi connectivity index (χ4n) is 15.3. The second kappa shape index (κ2) is 26.9. The van der Waals surface area contributed by atoms with Crippen molar-refractivity contribution in [2.45, 2.75) is 37.4 Å². The summed E-state index contributed by atoms with van der Waals surface area (Å²) in [6, 6.07) is 124. The van der Waals surface area contributed by atoms with Crippen molar-refractivity contribution >= 4 is 46.3 Å². The van der Waals surface area contributed by atoms with Gasteiger partial charge in [-0.15, -0.1) is 0 Å². The summed E-state index contributed by atoms with van der Waals surface area (Å²) in [6.45, 7) is 11.0. The molecule has 5 nitrogen and oxygen atoms in total. The number of para-hydroxylation sites is 2. The average Bonchev–Trinajstić information content (AvgIpc) is 1.54. The van der Waals surface area contributed by atoms with Crippen LogP contribution in [0.4, 0.5) is 34.1 Å². The predicted molar refractivity (Wildman–Crippen MR) is 414 cm³/mol. The number of anilines is 6. The zero-order chi connectivity index (χ0) is 67.6. The molecule has 0 saturated heterocycles. The van der Waals surface area contributed by atoms with Crippen LogP contribution in [0.3, 0.4) is 0 Å². The molecule has 482 valence electrons. The molecule has 0 aromatic heterocycles. The Hall–Kier alpha value is -12.4. The summed E-state index contributed by atoms with van der Waals surface area (Å²) in [5.41, 5.74) is 27.3. The van der Waals surface area contributed by atoms with Crippen molar-refractivity contribution < 1.29 is 14.2 Å². The molecule has 2 unspecified atom stereocenters. The molecule has 14 aromatic rings. The minimum atomic E-state index is -0.691. The molecular formula is C95H74N2O3. The Kier molecular flexibility index (Phi) is 16.8. The van der Waals surface area contributed by atoms with Crippen molar-refractivity contribution in [3.8, 4) is 50.6 Å². The molecule has 2 atom stereocenters. The fourth-order valence-corrected chi connectivity index (χ4v) is 15.3. The van der Waals surface area contributed by atoms with E-state index in [1.54, 1.807) is 7.11 Å². The van der Waals surface area contributed by atoms with Gasteiger partial charge in [-0.05, 0) is 221 Å². The van der Waals surface area contributed by atoms with Crippen LogP contribution in [0.25, 0.3) is 45.5 Å². The lowest BCUT2D eigenvalue weighted by atomic mass is 9.67. The largest absolute Gasteiger partial charge is 0.497 e. The minimum absolute atomic E-state index is 0.457. The van der Waals surface area contributed by atoms with Gasteiger partial charge in [0.15, 0.2) is 0 Å². The molecule has 0 amide bonds. The highest BCUT2D eigenvalue weighted by molar-refractivity contribution is 5.92. The molecule has 5 heteroatoms. The van der Waals surface area contributed by atoms with Crippen molar-refractivity contribution in [2.24, 2.45) is 0 Å². The summed E-state index contributed by atoms with van der Waals surface area (Å²) in [5.74, 6) is 2.43. The van der Waals surface area contributed by atoms with Crippen molar-refractivity contribution in [3.05, 3.63) is 425 Å². The Morgan fingerprint density at radius 1 is 0.300 bits per heavy atom. The molecule has 0 spiro atoms. The van der Waals surface area contributed by atoms with Crippen LogP contribution in [0, 0.1) is 0 Å². The Morgan fingerprint density at radius 3 is 0.990 bits per heavy atom. The monoisotopic (exact) mass is 1290 g/mol. The number of rotatable bonds is 21. The molecule has 0 fully saturated rings. The van der Waals surface area contributed by atoms with Crippen LogP contribution in [0.5, 0.6) is 17.2 Å². The highest BCUT2D eigenvalue weighted by Gasteiger charge is 2.48. The van der Waals surface area contributed by atoms with Gasteiger partial charge in [-0.3, -0.25) is 0 Å². The van der Waals surface area contributed by atoms with Crippen molar-refractivity contribution in [1.82, 2.24) is 0 Å². The second-order valence-electron chi connectivity index (χ2n) is 25.8. The summed E-state index contributed by atoms with van der Waals surface area (Å²) < 4.78 is 18.7. The van der Waals surface area contributed by atoms with Gasteiger partial charge in [0, 0.05) is 34.1 Å². The number of nitrogens with zero attached hydrogens (tertiary/aromatic N) is 2. The first-order valence-electron chi connectivity index (χ1n) is 34.4. The van der Waals surface area contributed by atoms with Gasteiger partial charge < -0.3 is 24.0 Å². The Balaban J connectivity index is 0.745. The van der Waals surface area contributed by atoms with E-state index in [1.165, 1.54) is 61.2 Å². The number of methoxy groups -OCH3 is 1. The van der Waals surface area contributed by atoms with Crippen LogP contribution in [-0.2, 0) is 30.5 Å². The van der Waals surface area contributed by atoms with Crippen LogP contribution < -0.4 is 24.0 Å². The lowest BCUT2D eigenvalue weighted by Crippen LogP contribution is -2.29. The van der Waals surface area contributed by atoms with Crippen LogP contribution in [0.15, 0.2) is 353 Å². The van der Waals surface area contributed by atoms with Gasteiger partial charge in [0.25, 0.3) is 0 Å². The molecule has 0 N–H and O–H groups in total. The summed E-state index contributed by atoms with van der Waals surface area (Å²) in [7, 11) is 1.72. The molecule has 0 saturated carbocycles. The minimum Gasteiger partial charge on any atom is -0.497 e. The van der Waals surface area contributed by atoms with Crippen molar-refractivity contribution in [1.29, 1.82) is 0 Å². The lowest BCUT2D eigenvalue weighted by molar-refractivity contribution is 0.306. The molecule has 16 rings (SSSR count).